The van der Waals surface area contributed by atoms with E-state index in [9.17, 15) is 0 Å². The molecular formula is C15H23ClN4O. The maximum Gasteiger partial charge on any atom is 0.245 e. The molecule has 0 aliphatic rings. The summed E-state index contributed by atoms with van der Waals surface area (Å²) in [5.41, 5.74) is 1.45. The van der Waals surface area contributed by atoms with Gasteiger partial charge in [0.15, 0.2) is 11.2 Å². The maximum absolute atomic E-state index is 6.38. The highest BCUT2D eigenvalue weighted by molar-refractivity contribution is 6.20. The van der Waals surface area contributed by atoms with Gasteiger partial charge in [-0.25, -0.2) is 9.97 Å². The Morgan fingerprint density at radius 3 is 2.33 bits per heavy atom. The van der Waals surface area contributed by atoms with Crippen molar-refractivity contribution >= 4 is 22.8 Å². The highest BCUT2D eigenvalue weighted by atomic mass is 35.5. The minimum absolute atomic E-state index is 0.0351. The van der Waals surface area contributed by atoms with Crippen molar-refractivity contribution in [3.63, 3.8) is 0 Å². The third-order valence-electron chi connectivity index (χ3n) is 4.43. The molecule has 2 aromatic heterocycles. The first kappa shape index (κ1) is 16.0. The van der Waals surface area contributed by atoms with E-state index in [1.54, 1.807) is 7.11 Å². The van der Waals surface area contributed by atoms with Crippen LogP contribution in [0.4, 0.5) is 0 Å². The van der Waals surface area contributed by atoms with Crippen molar-refractivity contribution in [1.29, 1.82) is 0 Å². The van der Waals surface area contributed by atoms with Crippen LogP contribution in [0, 0.1) is 0 Å². The Hall–Kier alpha value is -1.36. The second-order valence-corrected chi connectivity index (χ2v) is 5.92. The first-order chi connectivity index (χ1) is 10.0. The Balaban J connectivity index is 2.85. The highest BCUT2D eigenvalue weighted by Gasteiger charge is 2.33. The van der Waals surface area contributed by atoms with Crippen molar-refractivity contribution in [2.45, 2.75) is 57.9 Å². The average Bonchev–Trinajstić information content (AvgIpc) is 2.90. The Bertz CT molecular complexity index is 611. The standard InChI is InChI=1S/C15H23ClN4O/c1-6-15(7-2,8-3)20-12(10(4)16)19-11-13(20)17-9-18-14(11)21-5/h9-10H,6-8H2,1-5H3. The largest absolute Gasteiger partial charge is 0.479 e. The second kappa shape index (κ2) is 6.18. The summed E-state index contributed by atoms with van der Waals surface area (Å²) in [6.07, 6.45) is 4.50. The Kier molecular flexibility index (Phi) is 4.71. The minimum atomic E-state index is -0.201. The normalized spacial score (nSPS) is 13.6. The fourth-order valence-corrected chi connectivity index (χ4v) is 3.14. The van der Waals surface area contributed by atoms with E-state index in [1.807, 2.05) is 6.92 Å². The summed E-state index contributed by atoms with van der Waals surface area (Å²) >= 11 is 6.38. The molecule has 0 saturated heterocycles. The van der Waals surface area contributed by atoms with E-state index in [0.717, 1.165) is 30.7 Å². The monoisotopic (exact) mass is 310 g/mol. The molecule has 5 nitrogen and oxygen atoms in total. The molecule has 0 aliphatic carbocycles. The first-order valence-corrected chi connectivity index (χ1v) is 7.90. The lowest BCUT2D eigenvalue weighted by atomic mass is 9.89. The fourth-order valence-electron chi connectivity index (χ4n) is 3.00. The van der Waals surface area contributed by atoms with Gasteiger partial charge in [0.1, 0.15) is 12.2 Å². The molecule has 1 atom stereocenters. The maximum atomic E-state index is 6.38. The molecule has 0 N–H and O–H groups in total. The number of hydrogen-bond acceptors (Lipinski definition) is 4. The molecule has 0 radical (unpaired) electrons. The number of methoxy groups -OCH3 is 1. The van der Waals surface area contributed by atoms with Crippen molar-refractivity contribution in [3.05, 3.63) is 12.2 Å². The summed E-state index contributed by atoms with van der Waals surface area (Å²) in [5.74, 6) is 1.32. The van der Waals surface area contributed by atoms with E-state index >= 15 is 0 Å². The zero-order chi connectivity index (χ0) is 15.6. The van der Waals surface area contributed by atoms with Gasteiger partial charge in [0.05, 0.1) is 12.5 Å². The van der Waals surface area contributed by atoms with Gasteiger partial charge < -0.3 is 9.30 Å². The van der Waals surface area contributed by atoms with Crippen LogP contribution in [0.5, 0.6) is 5.88 Å². The summed E-state index contributed by atoms with van der Waals surface area (Å²) in [6, 6.07) is 0. The molecule has 0 aliphatic heterocycles. The van der Waals surface area contributed by atoms with Gasteiger partial charge in [-0.15, -0.1) is 11.6 Å². The number of aromatic nitrogens is 4. The molecule has 2 aromatic rings. The molecule has 116 valence electrons. The summed E-state index contributed by atoms with van der Waals surface area (Å²) < 4.78 is 7.52. The van der Waals surface area contributed by atoms with Gasteiger partial charge in [-0.05, 0) is 26.2 Å². The number of nitrogens with zero attached hydrogens (tertiary/aromatic N) is 4. The SMILES string of the molecule is CCC(CC)(CC)n1c(C(C)Cl)nc2c(OC)ncnc21. The van der Waals surface area contributed by atoms with Gasteiger partial charge in [-0.2, -0.15) is 4.98 Å². The van der Waals surface area contributed by atoms with Crippen molar-refractivity contribution in [3.8, 4) is 5.88 Å². The Morgan fingerprint density at radius 2 is 1.86 bits per heavy atom. The van der Waals surface area contributed by atoms with E-state index < -0.39 is 0 Å². The molecule has 0 spiro atoms. The quantitative estimate of drug-likeness (QED) is 0.755. The van der Waals surface area contributed by atoms with Gasteiger partial charge in [0, 0.05) is 5.54 Å². The van der Waals surface area contributed by atoms with E-state index in [4.69, 9.17) is 16.3 Å². The third-order valence-corrected chi connectivity index (χ3v) is 4.63. The van der Waals surface area contributed by atoms with Crippen molar-refractivity contribution in [2.24, 2.45) is 0 Å². The molecule has 0 saturated carbocycles. The predicted molar refractivity (Wildman–Crippen MR) is 85.0 cm³/mol. The van der Waals surface area contributed by atoms with E-state index in [-0.39, 0.29) is 10.9 Å². The predicted octanol–water partition coefficient (Wildman–Crippen LogP) is 4.06. The molecular weight excluding hydrogens is 288 g/mol. The number of halogens is 1. The van der Waals surface area contributed by atoms with Crippen LogP contribution < -0.4 is 4.74 Å². The fraction of sp³-hybridized carbons (Fsp3) is 0.667. The molecule has 0 aromatic carbocycles. The van der Waals surface area contributed by atoms with Crippen molar-refractivity contribution in [1.82, 2.24) is 19.5 Å². The lowest BCUT2D eigenvalue weighted by molar-refractivity contribution is 0.249. The van der Waals surface area contributed by atoms with Crippen LogP contribution in [0.15, 0.2) is 6.33 Å². The molecule has 21 heavy (non-hydrogen) atoms. The molecule has 1 unspecified atom stereocenters. The minimum Gasteiger partial charge on any atom is -0.479 e. The van der Waals surface area contributed by atoms with Gasteiger partial charge in [-0.3, -0.25) is 0 Å². The van der Waals surface area contributed by atoms with Crippen molar-refractivity contribution < 1.29 is 4.74 Å². The van der Waals surface area contributed by atoms with E-state index in [0.29, 0.717) is 11.4 Å². The smallest absolute Gasteiger partial charge is 0.245 e. The topological polar surface area (TPSA) is 52.8 Å². The summed E-state index contributed by atoms with van der Waals surface area (Å²) in [4.78, 5) is 13.3. The Morgan fingerprint density at radius 1 is 1.24 bits per heavy atom. The number of alkyl halides is 1. The number of hydrogen-bond donors (Lipinski definition) is 0. The lowest BCUT2D eigenvalue weighted by Crippen LogP contribution is -2.33. The summed E-state index contributed by atoms with van der Waals surface area (Å²) in [7, 11) is 1.59. The molecule has 2 heterocycles. The van der Waals surface area contributed by atoms with Gasteiger partial charge in [0.25, 0.3) is 0 Å². The van der Waals surface area contributed by atoms with Gasteiger partial charge in [0.2, 0.25) is 5.88 Å². The van der Waals surface area contributed by atoms with Crippen LogP contribution in [-0.2, 0) is 5.54 Å². The molecule has 2 rings (SSSR count). The van der Waals surface area contributed by atoms with E-state index in [2.05, 4.69) is 40.3 Å². The van der Waals surface area contributed by atoms with E-state index in [1.165, 1.54) is 6.33 Å². The van der Waals surface area contributed by atoms with Crippen LogP contribution in [0.3, 0.4) is 0 Å². The lowest BCUT2D eigenvalue weighted by Gasteiger charge is -2.34. The van der Waals surface area contributed by atoms with Crippen LogP contribution >= 0.6 is 11.6 Å². The summed E-state index contributed by atoms with van der Waals surface area (Å²) in [6.45, 7) is 8.52. The van der Waals surface area contributed by atoms with Crippen molar-refractivity contribution in [2.75, 3.05) is 7.11 Å². The molecule has 0 bridgehead atoms. The molecule has 0 fully saturated rings. The van der Waals surface area contributed by atoms with Crippen LogP contribution in [0.1, 0.15) is 58.2 Å². The zero-order valence-electron chi connectivity index (χ0n) is 13.4. The third kappa shape index (κ3) is 2.48. The van der Waals surface area contributed by atoms with Gasteiger partial charge >= 0.3 is 0 Å². The number of rotatable bonds is 6. The van der Waals surface area contributed by atoms with Crippen LogP contribution in [-0.4, -0.2) is 26.6 Å². The number of fused-ring (bicyclic) bond motifs is 1. The molecule has 0 amide bonds. The van der Waals surface area contributed by atoms with Gasteiger partial charge in [-0.1, -0.05) is 20.8 Å². The Labute approximate surface area is 130 Å². The number of imidazole rings is 1. The molecule has 6 heteroatoms. The highest BCUT2D eigenvalue weighted by Crippen LogP contribution is 2.37. The second-order valence-electron chi connectivity index (χ2n) is 5.26. The average molecular weight is 311 g/mol. The zero-order valence-corrected chi connectivity index (χ0v) is 14.1. The number of ether oxygens (including phenoxy) is 1. The van der Waals surface area contributed by atoms with Crippen LogP contribution in [0.25, 0.3) is 11.2 Å². The van der Waals surface area contributed by atoms with Crippen LogP contribution in [0.2, 0.25) is 0 Å². The first-order valence-electron chi connectivity index (χ1n) is 7.46. The summed E-state index contributed by atoms with van der Waals surface area (Å²) in [5, 5.41) is -0.201.